The zero-order chi connectivity index (χ0) is 13.5. The van der Waals surface area contributed by atoms with Crippen LogP contribution in [0.5, 0.6) is 5.75 Å². The number of aryl methyl sites for hydroxylation is 1. The first-order valence-electron chi connectivity index (χ1n) is 6.25. The fourth-order valence-corrected chi connectivity index (χ4v) is 1.74. The third kappa shape index (κ3) is 3.97. The van der Waals surface area contributed by atoms with Crippen molar-refractivity contribution in [2.75, 3.05) is 13.9 Å². The van der Waals surface area contributed by atoms with Crippen LogP contribution in [0.1, 0.15) is 16.7 Å². The Kier molecular flexibility index (Phi) is 4.76. The largest absolute Gasteiger partial charge is 0.467 e. The van der Waals surface area contributed by atoms with Crippen molar-refractivity contribution >= 4 is 12.2 Å². The van der Waals surface area contributed by atoms with Crippen LogP contribution in [-0.4, -0.2) is 13.9 Å². The summed E-state index contributed by atoms with van der Waals surface area (Å²) in [6, 6.07) is 16.3. The number of rotatable bonds is 5. The first-order valence-corrected chi connectivity index (χ1v) is 6.25. The third-order valence-electron chi connectivity index (χ3n) is 2.78. The average molecular weight is 254 g/mol. The van der Waals surface area contributed by atoms with Crippen LogP contribution in [0.25, 0.3) is 12.2 Å². The summed E-state index contributed by atoms with van der Waals surface area (Å²) < 4.78 is 10.5. The molecule has 19 heavy (non-hydrogen) atoms. The SMILES string of the molecule is COCOc1ccccc1/C=C/c1ccc(C)cc1. The Morgan fingerprint density at radius 3 is 2.42 bits per heavy atom. The Bertz CT molecular complexity index is 541. The van der Waals surface area contributed by atoms with Crippen molar-refractivity contribution in [1.29, 1.82) is 0 Å². The molecule has 2 rings (SSSR count). The van der Waals surface area contributed by atoms with E-state index in [1.807, 2.05) is 24.3 Å². The Labute approximate surface area is 114 Å². The maximum absolute atomic E-state index is 5.52. The normalized spacial score (nSPS) is 10.8. The second kappa shape index (κ2) is 6.76. The summed E-state index contributed by atoms with van der Waals surface area (Å²) in [6.45, 7) is 2.34. The van der Waals surface area contributed by atoms with E-state index in [0.717, 1.165) is 11.3 Å². The molecular formula is C17H18O2. The summed E-state index contributed by atoms with van der Waals surface area (Å²) in [5.41, 5.74) is 3.48. The second-order valence-electron chi connectivity index (χ2n) is 4.33. The molecule has 0 atom stereocenters. The van der Waals surface area contributed by atoms with Crippen molar-refractivity contribution in [3.05, 3.63) is 65.2 Å². The number of para-hydroxylation sites is 1. The molecule has 2 aromatic carbocycles. The molecule has 0 N–H and O–H groups in total. The summed E-state index contributed by atoms with van der Waals surface area (Å²) in [6.07, 6.45) is 4.13. The minimum atomic E-state index is 0.259. The summed E-state index contributed by atoms with van der Waals surface area (Å²) in [5, 5.41) is 0. The molecule has 0 radical (unpaired) electrons. The highest BCUT2D eigenvalue weighted by atomic mass is 16.7. The van der Waals surface area contributed by atoms with E-state index in [1.54, 1.807) is 7.11 Å². The smallest absolute Gasteiger partial charge is 0.188 e. The standard InChI is InChI=1S/C17H18O2/c1-14-7-9-15(10-8-14)11-12-16-5-3-4-6-17(16)19-13-18-2/h3-12H,13H2,1-2H3/b12-11+. The zero-order valence-electron chi connectivity index (χ0n) is 11.3. The Morgan fingerprint density at radius 2 is 1.68 bits per heavy atom. The highest BCUT2D eigenvalue weighted by Gasteiger charge is 1.98. The van der Waals surface area contributed by atoms with Gasteiger partial charge >= 0.3 is 0 Å². The molecule has 0 unspecified atom stereocenters. The van der Waals surface area contributed by atoms with Crippen LogP contribution in [0.15, 0.2) is 48.5 Å². The molecule has 0 heterocycles. The Balaban J connectivity index is 2.15. The van der Waals surface area contributed by atoms with Crippen LogP contribution in [0.4, 0.5) is 0 Å². The van der Waals surface area contributed by atoms with E-state index in [0.29, 0.717) is 0 Å². The van der Waals surface area contributed by atoms with Gasteiger partial charge < -0.3 is 9.47 Å². The fourth-order valence-electron chi connectivity index (χ4n) is 1.74. The van der Waals surface area contributed by atoms with Crippen molar-refractivity contribution in [2.45, 2.75) is 6.92 Å². The van der Waals surface area contributed by atoms with E-state index in [4.69, 9.17) is 9.47 Å². The lowest BCUT2D eigenvalue weighted by Crippen LogP contribution is -1.99. The van der Waals surface area contributed by atoms with E-state index in [9.17, 15) is 0 Å². The van der Waals surface area contributed by atoms with Gasteiger partial charge in [0.25, 0.3) is 0 Å². The molecule has 0 aliphatic rings. The van der Waals surface area contributed by atoms with Crippen LogP contribution in [0.3, 0.4) is 0 Å². The lowest BCUT2D eigenvalue weighted by atomic mass is 10.1. The number of methoxy groups -OCH3 is 1. The predicted molar refractivity (Wildman–Crippen MR) is 79.1 cm³/mol. The summed E-state index contributed by atoms with van der Waals surface area (Å²) in [5.74, 6) is 0.827. The van der Waals surface area contributed by atoms with Crippen LogP contribution >= 0.6 is 0 Å². The second-order valence-corrected chi connectivity index (χ2v) is 4.33. The van der Waals surface area contributed by atoms with E-state index in [1.165, 1.54) is 11.1 Å². The van der Waals surface area contributed by atoms with Gasteiger partial charge in [-0.25, -0.2) is 0 Å². The molecule has 2 aromatic rings. The molecule has 0 fully saturated rings. The molecule has 0 aliphatic carbocycles. The van der Waals surface area contributed by atoms with Gasteiger partial charge in [-0.05, 0) is 18.6 Å². The van der Waals surface area contributed by atoms with Crippen molar-refractivity contribution in [3.8, 4) is 5.75 Å². The van der Waals surface area contributed by atoms with Gasteiger partial charge in [0.05, 0.1) is 0 Å². The first kappa shape index (κ1) is 13.4. The van der Waals surface area contributed by atoms with Crippen molar-refractivity contribution in [1.82, 2.24) is 0 Å². The van der Waals surface area contributed by atoms with Crippen LogP contribution in [-0.2, 0) is 4.74 Å². The molecule has 98 valence electrons. The molecule has 0 saturated carbocycles. The van der Waals surface area contributed by atoms with Gasteiger partial charge in [0.1, 0.15) is 5.75 Å². The van der Waals surface area contributed by atoms with Crippen molar-refractivity contribution in [3.63, 3.8) is 0 Å². The number of ether oxygens (including phenoxy) is 2. The van der Waals surface area contributed by atoms with Crippen LogP contribution < -0.4 is 4.74 Å². The zero-order valence-corrected chi connectivity index (χ0v) is 11.3. The Hall–Kier alpha value is -2.06. The lowest BCUT2D eigenvalue weighted by molar-refractivity contribution is 0.0510. The van der Waals surface area contributed by atoms with Gasteiger partial charge in [-0.2, -0.15) is 0 Å². The van der Waals surface area contributed by atoms with Gasteiger partial charge in [0.2, 0.25) is 0 Å². The molecule has 0 amide bonds. The Morgan fingerprint density at radius 1 is 0.947 bits per heavy atom. The minimum Gasteiger partial charge on any atom is -0.467 e. The highest BCUT2D eigenvalue weighted by Crippen LogP contribution is 2.20. The average Bonchev–Trinajstić information content (AvgIpc) is 2.45. The van der Waals surface area contributed by atoms with Gasteiger partial charge in [0.15, 0.2) is 6.79 Å². The summed E-state index contributed by atoms with van der Waals surface area (Å²) in [7, 11) is 1.62. The molecular weight excluding hydrogens is 236 g/mol. The number of hydrogen-bond acceptors (Lipinski definition) is 2. The fraction of sp³-hybridized carbons (Fsp3) is 0.176. The molecule has 0 aliphatic heterocycles. The van der Waals surface area contributed by atoms with E-state index < -0.39 is 0 Å². The lowest BCUT2D eigenvalue weighted by Gasteiger charge is -2.07. The predicted octanol–water partition coefficient (Wildman–Crippen LogP) is 4.15. The number of benzene rings is 2. The highest BCUT2D eigenvalue weighted by molar-refractivity contribution is 5.72. The van der Waals surface area contributed by atoms with E-state index in [2.05, 4.69) is 43.3 Å². The summed E-state index contributed by atoms with van der Waals surface area (Å²) >= 11 is 0. The quantitative estimate of drug-likeness (QED) is 0.589. The monoisotopic (exact) mass is 254 g/mol. The van der Waals surface area contributed by atoms with Gasteiger partial charge in [-0.15, -0.1) is 0 Å². The molecule has 2 heteroatoms. The molecule has 0 spiro atoms. The van der Waals surface area contributed by atoms with E-state index >= 15 is 0 Å². The van der Waals surface area contributed by atoms with E-state index in [-0.39, 0.29) is 6.79 Å². The summed E-state index contributed by atoms with van der Waals surface area (Å²) in [4.78, 5) is 0. The van der Waals surface area contributed by atoms with Crippen LogP contribution in [0.2, 0.25) is 0 Å². The minimum absolute atomic E-state index is 0.259. The maximum Gasteiger partial charge on any atom is 0.188 e. The molecule has 0 bridgehead atoms. The van der Waals surface area contributed by atoms with Crippen molar-refractivity contribution < 1.29 is 9.47 Å². The van der Waals surface area contributed by atoms with Crippen LogP contribution in [0, 0.1) is 6.92 Å². The first-order chi connectivity index (χ1) is 9.29. The third-order valence-corrected chi connectivity index (χ3v) is 2.78. The number of hydrogen-bond donors (Lipinski definition) is 0. The maximum atomic E-state index is 5.52. The van der Waals surface area contributed by atoms with Gasteiger partial charge in [-0.1, -0.05) is 60.2 Å². The topological polar surface area (TPSA) is 18.5 Å². The van der Waals surface area contributed by atoms with Gasteiger partial charge in [0, 0.05) is 12.7 Å². The van der Waals surface area contributed by atoms with Crippen molar-refractivity contribution in [2.24, 2.45) is 0 Å². The molecule has 0 saturated heterocycles. The molecule has 0 aromatic heterocycles. The van der Waals surface area contributed by atoms with Gasteiger partial charge in [-0.3, -0.25) is 0 Å². The molecule has 2 nitrogen and oxygen atoms in total.